The standard InChI is InChI=1S/C23H23ClN4O3/c1-14-5-8-18(12-19(14)24)28-21(29)10-9-20(27-28)23(31)25-13-15-3-2-4-17(11-15)26-22(30)16-6-7-16/h2-5,8,11-12,16H,6-7,9-10,13H2,1H3,(H,25,31)(H,26,30). The Hall–Kier alpha value is -3.19. The molecule has 8 heteroatoms. The molecular formula is C23H23ClN4O3. The van der Waals surface area contributed by atoms with Gasteiger partial charge in [-0.05, 0) is 55.2 Å². The maximum atomic E-state index is 12.7. The first kappa shape index (κ1) is 21.1. The summed E-state index contributed by atoms with van der Waals surface area (Å²) in [7, 11) is 0. The molecule has 2 N–H and O–H groups in total. The molecule has 1 aliphatic heterocycles. The number of hydrazone groups is 1. The lowest BCUT2D eigenvalue weighted by atomic mass is 10.1. The largest absolute Gasteiger partial charge is 0.347 e. The van der Waals surface area contributed by atoms with Crippen LogP contribution in [0, 0.1) is 12.8 Å². The Kier molecular flexibility index (Phi) is 6.04. The molecule has 2 aromatic carbocycles. The predicted octanol–water partition coefficient (Wildman–Crippen LogP) is 3.80. The lowest BCUT2D eigenvalue weighted by molar-refractivity contribution is -0.119. The maximum Gasteiger partial charge on any atom is 0.267 e. The Labute approximate surface area is 185 Å². The lowest BCUT2D eigenvalue weighted by Gasteiger charge is -2.23. The Morgan fingerprint density at radius 2 is 1.97 bits per heavy atom. The molecule has 1 saturated carbocycles. The van der Waals surface area contributed by atoms with Crippen LogP contribution in [0.25, 0.3) is 0 Å². The molecule has 31 heavy (non-hydrogen) atoms. The first-order valence-electron chi connectivity index (χ1n) is 10.3. The first-order chi connectivity index (χ1) is 14.9. The van der Waals surface area contributed by atoms with Crippen molar-refractivity contribution in [2.75, 3.05) is 10.3 Å². The number of anilines is 2. The van der Waals surface area contributed by atoms with Crippen molar-refractivity contribution in [3.05, 3.63) is 58.6 Å². The summed E-state index contributed by atoms with van der Waals surface area (Å²) in [5.74, 6) is -0.348. The average Bonchev–Trinajstić information content (AvgIpc) is 3.60. The van der Waals surface area contributed by atoms with E-state index >= 15 is 0 Å². The van der Waals surface area contributed by atoms with Gasteiger partial charge >= 0.3 is 0 Å². The van der Waals surface area contributed by atoms with E-state index < -0.39 is 0 Å². The van der Waals surface area contributed by atoms with Gasteiger partial charge in [0.1, 0.15) is 5.71 Å². The molecule has 0 saturated heterocycles. The van der Waals surface area contributed by atoms with Crippen molar-refractivity contribution in [2.24, 2.45) is 11.0 Å². The Bertz CT molecular complexity index is 1080. The molecule has 1 heterocycles. The maximum absolute atomic E-state index is 12.7. The van der Waals surface area contributed by atoms with Crippen LogP contribution in [0.4, 0.5) is 11.4 Å². The van der Waals surface area contributed by atoms with Crippen LogP contribution < -0.4 is 15.6 Å². The van der Waals surface area contributed by atoms with Gasteiger partial charge in [-0.1, -0.05) is 29.8 Å². The van der Waals surface area contributed by atoms with Gasteiger partial charge in [-0.3, -0.25) is 14.4 Å². The molecule has 1 aliphatic carbocycles. The van der Waals surface area contributed by atoms with Gasteiger partial charge in [-0.25, -0.2) is 5.01 Å². The number of aryl methyl sites for hydroxylation is 1. The number of rotatable bonds is 6. The third-order valence-electron chi connectivity index (χ3n) is 5.29. The fourth-order valence-electron chi connectivity index (χ4n) is 3.27. The second-order valence-corrected chi connectivity index (χ2v) is 8.24. The zero-order chi connectivity index (χ0) is 22.0. The molecule has 0 atom stereocenters. The number of nitrogens with zero attached hydrogens (tertiary/aromatic N) is 2. The van der Waals surface area contributed by atoms with Gasteiger partial charge in [-0.2, -0.15) is 5.10 Å². The highest BCUT2D eigenvalue weighted by Gasteiger charge is 2.29. The number of carbonyl (C=O) groups is 3. The highest BCUT2D eigenvalue weighted by atomic mass is 35.5. The van der Waals surface area contributed by atoms with E-state index in [2.05, 4.69) is 15.7 Å². The first-order valence-corrected chi connectivity index (χ1v) is 10.6. The minimum Gasteiger partial charge on any atom is -0.347 e. The zero-order valence-corrected chi connectivity index (χ0v) is 17.9. The number of hydrogen-bond donors (Lipinski definition) is 2. The summed E-state index contributed by atoms with van der Waals surface area (Å²) >= 11 is 6.17. The number of hydrogen-bond acceptors (Lipinski definition) is 4. The molecule has 0 radical (unpaired) electrons. The van der Waals surface area contributed by atoms with Crippen LogP contribution in [0.5, 0.6) is 0 Å². The van der Waals surface area contributed by atoms with Crippen molar-refractivity contribution < 1.29 is 14.4 Å². The summed E-state index contributed by atoms with van der Waals surface area (Å²) in [6, 6.07) is 12.6. The van der Waals surface area contributed by atoms with E-state index in [9.17, 15) is 14.4 Å². The van der Waals surface area contributed by atoms with Crippen molar-refractivity contribution in [3.63, 3.8) is 0 Å². The minimum absolute atomic E-state index is 0.0405. The second-order valence-electron chi connectivity index (χ2n) is 7.83. The minimum atomic E-state index is -0.330. The van der Waals surface area contributed by atoms with Crippen molar-refractivity contribution >= 4 is 46.4 Å². The molecule has 3 amide bonds. The molecule has 160 valence electrons. The highest BCUT2D eigenvalue weighted by Crippen LogP contribution is 2.30. The highest BCUT2D eigenvalue weighted by molar-refractivity contribution is 6.40. The monoisotopic (exact) mass is 438 g/mol. The van der Waals surface area contributed by atoms with Crippen LogP contribution in [0.15, 0.2) is 47.6 Å². The van der Waals surface area contributed by atoms with Crippen LogP contribution in [-0.4, -0.2) is 23.4 Å². The smallest absolute Gasteiger partial charge is 0.267 e. The number of carbonyl (C=O) groups excluding carboxylic acids is 3. The summed E-state index contributed by atoms with van der Waals surface area (Å²) in [5.41, 5.74) is 3.29. The van der Waals surface area contributed by atoms with Gasteiger partial charge < -0.3 is 10.6 Å². The van der Waals surface area contributed by atoms with E-state index in [0.717, 1.165) is 24.0 Å². The van der Waals surface area contributed by atoms with Crippen LogP contribution >= 0.6 is 11.6 Å². The number of nitrogens with one attached hydrogen (secondary N) is 2. The van der Waals surface area contributed by atoms with Crippen LogP contribution in [0.3, 0.4) is 0 Å². The Morgan fingerprint density at radius 3 is 2.71 bits per heavy atom. The summed E-state index contributed by atoms with van der Waals surface area (Å²) < 4.78 is 0. The van der Waals surface area contributed by atoms with Gasteiger partial charge in [0.15, 0.2) is 0 Å². The number of benzene rings is 2. The van der Waals surface area contributed by atoms with Crippen molar-refractivity contribution in [2.45, 2.75) is 39.2 Å². The van der Waals surface area contributed by atoms with E-state index in [1.54, 1.807) is 12.1 Å². The quantitative estimate of drug-likeness (QED) is 0.718. The molecule has 0 aromatic heterocycles. The van der Waals surface area contributed by atoms with Gasteiger partial charge in [0.25, 0.3) is 5.91 Å². The van der Waals surface area contributed by atoms with Crippen molar-refractivity contribution in [1.82, 2.24) is 5.32 Å². The van der Waals surface area contributed by atoms with E-state index in [-0.39, 0.29) is 48.7 Å². The topological polar surface area (TPSA) is 90.9 Å². The van der Waals surface area contributed by atoms with E-state index in [1.165, 1.54) is 5.01 Å². The predicted molar refractivity (Wildman–Crippen MR) is 120 cm³/mol. The normalized spacial score (nSPS) is 16.0. The van der Waals surface area contributed by atoms with Gasteiger partial charge in [0.05, 0.1) is 5.69 Å². The molecule has 2 aliphatic rings. The van der Waals surface area contributed by atoms with Crippen molar-refractivity contribution in [1.29, 1.82) is 0 Å². The Morgan fingerprint density at radius 1 is 1.16 bits per heavy atom. The molecular weight excluding hydrogens is 416 g/mol. The second kappa shape index (κ2) is 8.89. The third kappa shape index (κ3) is 5.11. The summed E-state index contributed by atoms with van der Waals surface area (Å²) in [6.45, 7) is 2.16. The summed E-state index contributed by atoms with van der Waals surface area (Å²) in [4.78, 5) is 36.9. The molecule has 0 unspecified atom stereocenters. The zero-order valence-electron chi connectivity index (χ0n) is 17.2. The van der Waals surface area contributed by atoms with Crippen LogP contribution in [0.2, 0.25) is 5.02 Å². The fourth-order valence-corrected chi connectivity index (χ4v) is 3.44. The molecule has 0 bridgehead atoms. The number of halogens is 1. The van der Waals surface area contributed by atoms with Gasteiger partial charge in [-0.15, -0.1) is 0 Å². The third-order valence-corrected chi connectivity index (χ3v) is 5.70. The van der Waals surface area contributed by atoms with E-state index in [1.807, 2.05) is 37.3 Å². The molecule has 2 aromatic rings. The van der Waals surface area contributed by atoms with E-state index in [4.69, 9.17) is 11.6 Å². The molecule has 0 spiro atoms. The average molecular weight is 439 g/mol. The van der Waals surface area contributed by atoms with Crippen LogP contribution in [-0.2, 0) is 20.9 Å². The van der Waals surface area contributed by atoms with Gasteiger partial charge in [0, 0.05) is 36.0 Å². The lowest BCUT2D eigenvalue weighted by Crippen LogP contribution is -2.38. The van der Waals surface area contributed by atoms with Gasteiger partial charge in [0.2, 0.25) is 11.8 Å². The van der Waals surface area contributed by atoms with Crippen molar-refractivity contribution in [3.8, 4) is 0 Å². The SMILES string of the molecule is Cc1ccc(N2N=C(C(=O)NCc3cccc(NC(=O)C4CC4)c3)CCC2=O)cc1Cl. The number of amides is 3. The molecule has 4 rings (SSSR count). The Balaban J connectivity index is 1.41. The summed E-state index contributed by atoms with van der Waals surface area (Å²) in [5, 5.41) is 11.8. The fraction of sp³-hybridized carbons (Fsp3) is 0.304. The van der Waals surface area contributed by atoms with E-state index in [0.29, 0.717) is 16.4 Å². The summed E-state index contributed by atoms with van der Waals surface area (Å²) in [6.07, 6.45) is 2.36. The van der Waals surface area contributed by atoms with Crippen LogP contribution in [0.1, 0.15) is 36.8 Å². The molecule has 1 fully saturated rings. The molecule has 7 nitrogen and oxygen atoms in total.